The van der Waals surface area contributed by atoms with E-state index in [2.05, 4.69) is 35.2 Å². The van der Waals surface area contributed by atoms with Crippen LogP contribution in [0.4, 0.5) is 0 Å². The molecule has 0 bridgehead atoms. The summed E-state index contributed by atoms with van der Waals surface area (Å²) in [6, 6.07) is 11.3. The highest BCUT2D eigenvalue weighted by molar-refractivity contribution is 5.83. The molecule has 1 aromatic carbocycles. The minimum Gasteiger partial charge on any atom is -0.300 e. The Labute approximate surface area is 128 Å². The second-order valence-electron chi connectivity index (χ2n) is 6.65. The Kier molecular flexibility index (Phi) is 5.08. The zero-order valence-electron chi connectivity index (χ0n) is 13.0. The second kappa shape index (κ2) is 7.22. The standard InChI is InChI=1S/C19H27NO/c21-19-13-6-11-17(19)18-12-7-15-20(18)14-5-4-10-16-8-2-1-3-9-16/h1-3,8-9,17-18H,4-7,10-15H2. The lowest BCUT2D eigenvalue weighted by Crippen LogP contribution is -2.38. The molecule has 1 saturated heterocycles. The number of Topliss-reactive ketones (excluding diaryl/α,β-unsaturated/α-hetero) is 1. The summed E-state index contributed by atoms with van der Waals surface area (Å²) < 4.78 is 0. The van der Waals surface area contributed by atoms with E-state index in [1.807, 2.05) is 0 Å². The summed E-state index contributed by atoms with van der Waals surface area (Å²) >= 11 is 0. The number of hydrogen-bond acceptors (Lipinski definition) is 2. The lowest BCUT2D eigenvalue weighted by atomic mass is 9.95. The van der Waals surface area contributed by atoms with Crippen LogP contribution < -0.4 is 0 Å². The summed E-state index contributed by atoms with van der Waals surface area (Å²) in [5, 5.41) is 0. The lowest BCUT2D eigenvalue weighted by Gasteiger charge is -2.28. The van der Waals surface area contributed by atoms with Gasteiger partial charge in [0.1, 0.15) is 5.78 Å². The highest BCUT2D eigenvalue weighted by atomic mass is 16.1. The van der Waals surface area contributed by atoms with Crippen LogP contribution in [-0.4, -0.2) is 29.8 Å². The third-order valence-electron chi connectivity index (χ3n) is 5.23. The smallest absolute Gasteiger partial charge is 0.137 e. The summed E-state index contributed by atoms with van der Waals surface area (Å²) in [7, 11) is 0. The monoisotopic (exact) mass is 285 g/mol. The number of carbonyl (C=O) groups excluding carboxylic acids is 1. The molecule has 1 aliphatic carbocycles. The van der Waals surface area contributed by atoms with Crippen molar-refractivity contribution in [1.82, 2.24) is 4.90 Å². The van der Waals surface area contributed by atoms with Crippen molar-refractivity contribution in [2.45, 2.75) is 57.4 Å². The molecule has 21 heavy (non-hydrogen) atoms. The van der Waals surface area contributed by atoms with Crippen LogP contribution in [0, 0.1) is 5.92 Å². The Morgan fingerprint density at radius 3 is 2.67 bits per heavy atom. The number of unbranched alkanes of at least 4 members (excludes halogenated alkanes) is 1. The van der Waals surface area contributed by atoms with Gasteiger partial charge in [0.15, 0.2) is 0 Å². The van der Waals surface area contributed by atoms with Gasteiger partial charge in [-0.25, -0.2) is 0 Å². The van der Waals surface area contributed by atoms with Crippen molar-refractivity contribution in [3.05, 3.63) is 35.9 Å². The molecular weight excluding hydrogens is 258 g/mol. The van der Waals surface area contributed by atoms with E-state index >= 15 is 0 Å². The summed E-state index contributed by atoms with van der Waals surface area (Å²) in [6.07, 6.45) is 9.33. The predicted octanol–water partition coefficient (Wildman–Crippen LogP) is 3.84. The van der Waals surface area contributed by atoms with E-state index in [4.69, 9.17) is 0 Å². The van der Waals surface area contributed by atoms with Gasteiger partial charge in [-0.3, -0.25) is 9.69 Å². The molecule has 2 aliphatic rings. The lowest BCUT2D eigenvalue weighted by molar-refractivity contribution is -0.122. The van der Waals surface area contributed by atoms with E-state index in [0.29, 0.717) is 17.7 Å². The highest BCUT2D eigenvalue weighted by Gasteiger charge is 2.37. The SMILES string of the molecule is O=C1CCCC1C1CCCN1CCCCc1ccccc1. The van der Waals surface area contributed by atoms with Crippen LogP contribution >= 0.6 is 0 Å². The summed E-state index contributed by atoms with van der Waals surface area (Å²) in [4.78, 5) is 14.6. The number of benzene rings is 1. The molecule has 0 aromatic heterocycles. The Morgan fingerprint density at radius 1 is 1.05 bits per heavy atom. The molecule has 0 amide bonds. The molecular formula is C19H27NO. The molecule has 1 aromatic rings. The fraction of sp³-hybridized carbons (Fsp3) is 0.632. The molecule has 1 saturated carbocycles. The Morgan fingerprint density at radius 2 is 1.90 bits per heavy atom. The average molecular weight is 285 g/mol. The van der Waals surface area contributed by atoms with Gasteiger partial charge >= 0.3 is 0 Å². The molecule has 0 radical (unpaired) electrons. The van der Waals surface area contributed by atoms with Crippen LogP contribution in [0.25, 0.3) is 0 Å². The van der Waals surface area contributed by atoms with Crippen molar-refractivity contribution in [2.24, 2.45) is 5.92 Å². The van der Waals surface area contributed by atoms with Crippen LogP contribution in [0.3, 0.4) is 0 Å². The molecule has 2 nitrogen and oxygen atoms in total. The van der Waals surface area contributed by atoms with Gasteiger partial charge in [0.2, 0.25) is 0 Å². The third kappa shape index (κ3) is 3.74. The number of nitrogens with zero attached hydrogens (tertiary/aromatic N) is 1. The molecule has 2 fully saturated rings. The molecule has 1 heterocycles. The van der Waals surface area contributed by atoms with Gasteiger partial charge in [-0.15, -0.1) is 0 Å². The molecule has 3 rings (SSSR count). The van der Waals surface area contributed by atoms with E-state index in [9.17, 15) is 4.79 Å². The number of rotatable bonds is 6. The molecule has 2 atom stereocenters. The van der Waals surface area contributed by atoms with Gasteiger partial charge in [0.25, 0.3) is 0 Å². The quantitative estimate of drug-likeness (QED) is 0.740. The maximum Gasteiger partial charge on any atom is 0.137 e. The van der Waals surface area contributed by atoms with E-state index in [1.165, 1.54) is 50.8 Å². The topological polar surface area (TPSA) is 20.3 Å². The maximum atomic E-state index is 12.0. The third-order valence-corrected chi connectivity index (χ3v) is 5.23. The second-order valence-corrected chi connectivity index (χ2v) is 6.65. The minimum atomic E-state index is 0.363. The van der Waals surface area contributed by atoms with Crippen molar-refractivity contribution in [3.8, 4) is 0 Å². The first kappa shape index (κ1) is 14.8. The van der Waals surface area contributed by atoms with Crippen molar-refractivity contribution in [1.29, 1.82) is 0 Å². The van der Waals surface area contributed by atoms with E-state index in [1.54, 1.807) is 0 Å². The maximum absolute atomic E-state index is 12.0. The first-order valence-corrected chi connectivity index (χ1v) is 8.65. The van der Waals surface area contributed by atoms with Crippen molar-refractivity contribution < 1.29 is 4.79 Å². The number of likely N-dealkylation sites (tertiary alicyclic amines) is 1. The van der Waals surface area contributed by atoms with Gasteiger partial charge in [-0.2, -0.15) is 0 Å². The van der Waals surface area contributed by atoms with Crippen LogP contribution in [0.5, 0.6) is 0 Å². The molecule has 0 N–H and O–H groups in total. The van der Waals surface area contributed by atoms with Crippen LogP contribution in [0.1, 0.15) is 50.5 Å². The van der Waals surface area contributed by atoms with Crippen LogP contribution in [0.2, 0.25) is 0 Å². The van der Waals surface area contributed by atoms with Crippen LogP contribution in [0.15, 0.2) is 30.3 Å². The van der Waals surface area contributed by atoms with Gasteiger partial charge in [-0.1, -0.05) is 30.3 Å². The Bertz CT molecular complexity index is 456. The summed E-state index contributed by atoms with van der Waals surface area (Å²) in [6.45, 7) is 2.39. The van der Waals surface area contributed by atoms with Crippen LogP contribution in [-0.2, 0) is 11.2 Å². The van der Waals surface area contributed by atoms with Crippen molar-refractivity contribution in [2.75, 3.05) is 13.1 Å². The Hall–Kier alpha value is -1.15. The molecule has 2 unspecified atom stereocenters. The normalized spacial score (nSPS) is 26.6. The fourth-order valence-corrected chi connectivity index (χ4v) is 4.12. The zero-order valence-corrected chi connectivity index (χ0v) is 13.0. The number of carbonyl (C=O) groups is 1. The van der Waals surface area contributed by atoms with E-state index in [-0.39, 0.29) is 0 Å². The van der Waals surface area contributed by atoms with Gasteiger partial charge in [0.05, 0.1) is 0 Å². The summed E-state index contributed by atoms with van der Waals surface area (Å²) in [5.41, 5.74) is 1.45. The number of hydrogen-bond donors (Lipinski definition) is 0. The molecule has 0 spiro atoms. The largest absolute Gasteiger partial charge is 0.300 e. The zero-order chi connectivity index (χ0) is 14.5. The molecule has 2 heteroatoms. The van der Waals surface area contributed by atoms with E-state index in [0.717, 1.165) is 19.3 Å². The number of ketones is 1. The van der Waals surface area contributed by atoms with Gasteiger partial charge in [-0.05, 0) is 63.6 Å². The molecule has 114 valence electrons. The summed E-state index contributed by atoms with van der Waals surface area (Å²) in [5.74, 6) is 0.901. The first-order chi connectivity index (χ1) is 10.3. The van der Waals surface area contributed by atoms with Crippen molar-refractivity contribution >= 4 is 5.78 Å². The predicted molar refractivity (Wildman–Crippen MR) is 86.3 cm³/mol. The Balaban J connectivity index is 1.43. The fourth-order valence-electron chi connectivity index (χ4n) is 4.12. The first-order valence-electron chi connectivity index (χ1n) is 8.65. The van der Waals surface area contributed by atoms with Crippen molar-refractivity contribution in [3.63, 3.8) is 0 Å². The molecule has 1 aliphatic heterocycles. The van der Waals surface area contributed by atoms with Gasteiger partial charge in [0, 0.05) is 18.4 Å². The van der Waals surface area contributed by atoms with E-state index < -0.39 is 0 Å². The highest BCUT2D eigenvalue weighted by Crippen LogP contribution is 2.33. The number of aryl methyl sites for hydroxylation is 1. The minimum absolute atomic E-state index is 0.363. The van der Waals surface area contributed by atoms with Gasteiger partial charge < -0.3 is 0 Å². The average Bonchev–Trinajstić information content (AvgIpc) is 3.13.